The molecule has 0 fully saturated rings. The molecular weight excluding hydrogens is 228 g/mol. The molecule has 86 valence electrons. The molecule has 0 N–H and O–H groups in total. The minimum absolute atomic E-state index is 0.741. The first-order valence-corrected chi connectivity index (χ1v) is 6.43. The first-order valence-electron chi connectivity index (χ1n) is 5.61. The molecule has 0 aliphatic carbocycles. The van der Waals surface area contributed by atoms with Crippen LogP contribution in [0.25, 0.3) is 0 Å². The van der Waals surface area contributed by atoms with Crippen molar-refractivity contribution in [1.29, 1.82) is 5.26 Å². The summed E-state index contributed by atoms with van der Waals surface area (Å²) in [4.78, 5) is 5.16. The quantitative estimate of drug-likeness (QED) is 0.827. The van der Waals surface area contributed by atoms with E-state index in [0.717, 1.165) is 28.4 Å². The van der Waals surface area contributed by atoms with Crippen molar-refractivity contribution in [3.63, 3.8) is 0 Å². The first-order chi connectivity index (χ1) is 8.20. The zero-order valence-corrected chi connectivity index (χ0v) is 10.8. The standard InChI is InChI=1S/C14H14N2S/c1-10-5-3-4-6-12(10)7-8-14-16-11(2)13(9-15)17-14/h3-6H,7-8H2,1-2H3. The SMILES string of the molecule is Cc1ccccc1CCc1nc(C)c(C#N)s1. The first kappa shape index (κ1) is 11.8. The predicted molar refractivity (Wildman–Crippen MR) is 70.2 cm³/mol. The zero-order chi connectivity index (χ0) is 12.3. The number of aromatic nitrogens is 1. The maximum Gasteiger partial charge on any atom is 0.127 e. The van der Waals surface area contributed by atoms with Crippen molar-refractivity contribution in [3.05, 3.63) is 51.0 Å². The van der Waals surface area contributed by atoms with Crippen LogP contribution >= 0.6 is 11.3 Å². The Morgan fingerprint density at radius 3 is 2.65 bits per heavy atom. The Kier molecular flexibility index (Phi) is 3.55. The molecule has 2 nitrogen and oxygen atoms in total. The molecule has 0 unspecified atom stereocenters. The van der Waals surface area contributed by atoms with Crippen molar-refractivity contribution < 1.29 is 0 Å². The molecule has 0 aliphatic heterocycles. The summed E-state index contributed by atoms with van der Waals surface area (Å²) in [6.45, 7) is 4.02. The normalized spacial score (nSPS) is 10.2. The Bertz CT molecular complexity index is 564. The molecule has 0 bridgehead atoms. The van der Waals surface area contributed by atoms with Crippen molar-refractivity contribution in [2.75, 3.05) is 0 Å². The lowest BCUT2D eigenvalue weighted by atomic mass is 10.0. The molecule has 1 aromatic heterocycles. The van der Waals surface area contributed by atoms with E-state index in [1.54, 1.807) is 0 Å². The molecular formula is C14H14N2S. The molecule has 0 spiro atoms. The predicted octanol–water partition coefficient (Wildman–Crippen LogP) is 3.42. The van der Waals surface area contributed by atoms with Crippen LogP contribution in [0.3, 0.4) is 0 Å². The van der Waals surface area contributed by atoms with Crippen molar-refractivity contribution in [2.45, 2.75) is 26.7 Å². The summed E-state index contributed by atoms with van der Waals surface area (Å²) < 4.78 is 0. The van der Waals surface area contributed by atoms with Crippen LogP contribution in [0.1, 0.15) is 26.7 Å². The van der Waals surface area contributed by atoms with Crippen LogP contribution < -0.4 is 0 Å². The fourth-order valence-corrected chi connectivity index (χ4v) is 2.66. The van der Waals surface area contributed by atoms with Crippen molar-refractivity contribution in [2.24, 2.45) is 0 Å². The molecule has 0 saturated carbocycles. The van der Waals surface area contributed by atoms with Crippen molar-refractivity contribution >= 4 is 11.3 Å². The van der Waals surface area contributed by atoms with Crippen LogP contribution in [0.2, 0.25) is 0 Å². The van der Waals surface area contributed by atoms with Gasteiger partial charge in [-0.2, -0.15) is 5.26 Å². The molecule has 0 atom stereocenters. The fraction of sp³-hybridized carbons (Fsp3) is 0.286. The van der Waals surface area contributed by atoms with E-state index in [1.807, 2.05) is 6.92 Å². The van der Waals surface area contributed by atoms with E-state index in [-0.39, 0.29) is 0 Å². The van der Waals surface area contributed by atoms with Crippen LogP contribution in [-0.4, -0.2) is 4.98 Å². The van der Waals surface area contributed by atoms with Gasteiger partial charge in [-0.1, -0.05) is 24.3 Å². The van der Waals surface area contributed by atoms with Gasteiger partial charge < -0.3 is 0 Å². The van der Waals surface area contributed by atoms with Crippen LogP contribution in [0.15, 0.2) is 24.3 Å². The van der Waals surface area contributed by atoms with Gasteiger partial charge in [-0.25, -0.2) is 4.98 Å². The number of benzene rings is 1. The van der Waals surface area contributed by atoms with E-state index in [0.29, 0.717) is 0 Å². The Balaban J connectivity index is 2.08. The van der Waals surface area contributed by atoms with Gasteiger partial charge in [0.15, 0.2) is 0 Å². The highest BCUT2D eigenvalue weighted by Gasteiger charge is 2.07. The van der Waals surface area contributed by atoms with Gasteiger partial charge in [-0.3, -0.25) is 0 Å². The maximum atomic E-state index is 8.88. The highest BCUT2D eigenvalue weighted by Crippen LogP contribution is 2.19. The number of hydrogen-bond donors (Lipinski definition) is 0. The Morgan fingerprint density at radius 2 is 2.00 bits per heavy atom. The van der Waals surface area contributed by atoms with E-state index in [9.17, 15) is 0 Å². The molecule has 1 heterocycles. The van der Waals surface area contributed by atoms with Gasteiger partial charge in [-0.05, 0) is 31.4 Å². The average Bonchev–Trinajstić information content (AvgIpc) is 2.69. The summed E-state index contributed by atoms with van der Waals surface area (Å²) in [6, 6.07) is 10.6. The van der Waals surface area contributed by atoms with Crippen LogP contribution in [0, 0.1) is 25.2 Å². The smallest absolute Gasteiger partial charge is 0.127 e. The Labute approximate surface area is 106 Å². The number of rotatable bonds is 3. The third-order valence-electron chi connectivity index (χ3n) is 2.81. The molecule has 1 aromatic carbocycles. The molecule has 2 rings (SSSR count). The van der Waals surface area contributed by atoms with E-state index in [1.165, 1.54) is 22.5 Å². The van der Waals surface area contributed by atoms with E-state index >= 15 is 0 Å². The highest BCUT2D eigenvalue weighted by atomic mass is 32.1. The summed E-state index contributed by atoms with van der Waals surface area (Å²) in [6.07, 6.45) is 1.91. The second kappa shape index (κ2) is 5.11. The molecule has 17 heavy (non-hydrogen) atoms. The molecule has 0 amide bonds. The Hall–Kier alpha value is -1.66. The maximum absolute atomic E-state index is 8.88. The van der Waals surface area contributed by atoms with Gasteiger partial charge in [0, 0.05) is 6.42 Å². The largest absolute Gasteiger partial charge is 0.245 e. The summed E-state index contributed by atoms with van der Waals surface area (Å²) in [7, 11) is 0. The topological polar surface area (TPSA) is 36.7 Å². The summed E-state index contributed by atoms with van der Waals surface area (Å²) >= 11 is 1.51. The summed E-state index contributed by atoms with van der Waals surface area (Å²) in [5.74, 6) is 0. The number of thiazole rings is 1. The average molecular weight is 242 g/mol. The number of nitriles is 1. The van der Waals surface area contributed by atoms with Crippen LogP contribution in [0.4, 0.5) is 0 Å². The lowest BCUT2D eigenvalue weighted by molar-refractivity contribution is 0.927. The van der Waals surface area contributed by atoms with E-state index in [2.05, 4.69) is 42.2 Å². The van der Waals surface area contributed by atoms with Gasteiger partial charge in [-0.15, -0.1) is 11.3 Å². The van der Waals surface area contributed by atoms with Gasteiger partial charge in [0.25, 0.3) is 0 Å². The van der Waals surface area contributed by atoms with Crippen LogP contribution in [0.5, 0.6) is 0 Å². The number of hydrogen-bond acceptors (Lipinski definition) is 3. The third-order valence-corrected chi connectivity index (χ3v) is 3.93. The van der Waals surface area contributed by atoms with E-state index < -0.39 is 0 Å². The summed E-state index contributed by atoms with van der Waals surface area (Å²) in [5, 5.41) is 9.94. The van der Waals surface area contributed by atoms with Gasteiger partial charge in [0.2, 0.25) is 0 Å². The lowest BCUT2D eigenvalue weighted by Crippen LogP contribution is -1.93. The second-order valence-electron chi connectivity index (χ2n) is 4.06. The minimum atomic E-state index is 0.741. The molecule has 0 saturated heterocycles. The third kappa shape index (κ3) is 2.72. The van der Waals surface area contributed by atoms with Crippen molar-refractivity contribution in [3.8, 4) is 6.07 Å². The summed E-state index contributed by atoms with van der Waals surface area (Å²) in [5.41, 5.74) is 3.54. The van der Waals surface area contributed by atoms with Gasteiger partial charge in [0.05, 0.1) is 10.7 Å². The van der Waals surface area contributed by atoms with Gasteiger partial charge >= 0.3 is 0 Å². The molecule has 0 aliphatic rings. The monoisotopic (exact) mass is 242 g/mol. The zero-order valence-electron chi connectivity index (χ0n) is 10.0. The number of nitrogens with zero attached hydrogens (tertiary/aromatic N) is 2. The highest BCUT2D eigenvalue weighted by molar-refractivity contribution is 7.12. The minimum Gasteiger partial charge on any atom is -0.245 e. The molecule has 0 radical (unpaired) electrons. The molecule has 3 heteroatoms. The lowest BCUT2D eigenvalue weighted by Gasteiger charge is -2.03. The Morgan fingerprint density at radius 1 is 1.24 bits per heavy atom. The fourth-order valence-electron chi connectivity index (χ4n) is 1.80. The van der Waals surface area contributed by atoms with Gasteiger partial charge in [0.1, 0.15) is 10.9 Å². The van der Waals surface area contributed by atoms with Crippen molar-refractivity contribution in [1.82, 2.24) is 4.98 Å². The van der Waals surface area contributed by atoms with E-state index in [4.69, 9.17) is 5.26 Å². The molecule has 2 aromatic rings. The second-order valence-corrected chi connectivity index (χ2v) is 5.14. The number of aryl methyl sites for hydroxylation is 4. The van der Waals surface area contributed by atoms with Crippen LogP contribution in [-0.2, 0) is 12.8 Å².